The molecule has 4 heteroatoms. The van der Waals surface area contributed by atoms with Crippen molar-refractivity contribution in [3.8, 4) is 5.75 Å². The first-order valence-electron chi connectivity index (χ1n) is 10.7. The van der Waals surface area contributed by atoms with Gasteiger partial charge in [0.2, 0.25) is 0 Å². The van der Waals surface area contributed by atoms with Crippen molar-refractivity contribution in [3.63, 3.8) is 0 Å². The van der Waals surface area contributed by atoms with Crippen molar-refractivity contribution in [3.05, 3.63) is 71.8 Å². The Hall–Kier alpha value is -2.14. The van der Waals surface area contributed by atoms with E-state index in [-0.39, 0.29) is 0 Å². The quantitative estimate of drug-likeness (QED) is 0.640. The molecule has 0 aromatic heterocycles. The third-order valence-electron chi connectivity index (χ3n) is 5.90. The second kappa shape index (κ2) is 11.1. The highest BCUT2D eigenvalue weighted by molar-refractivity contribution is 5.48. The molecule has 0 amide bonds. The zero-order chi connectivity index (χ0) is 20.5. The van der Waals surface area contributed by atoms with Gasteiger partial charge in [-0.1, -0.05) is 54.6 Å². The van der Waals surface area contributed by atoms with Gasteiger partial charge >= 0.3 is 0 Å². The summed E-state index contributed by atoms with van der Waals surface area (Å²) < 4.78 is 5.32. The van der Waals surface area contributed by atoms with E-state index in [0.29, 0.717) is 6.04 Å². The lowest BCUT2D eigenvalue weighted by Crippen LogP contribution is -2.47. The van der Waals surface area contributed by atoms with Crippen LogP contribution in [0.1, 0.15) is 24.1 Å². The fourth-order valence-electron chi connectivity index (χ4n) is 3.77. The number of rotatable bonds is 9. The van der Waals surface area contributed by atoms with Gasteiger partial charge in [-0.25, -0.2) is 0 Å². The van der Waals surface area contributed by atoms with Crippen LogP contribution in [0.4, 0.5) is 0 Å². The molecule has 156 valence electrons. The maximum Gasteiger partial charge on any atom is 0.118 e. The lowest BCUT2D eigenvalue weighted by molar-refractivity contribution is 0.127. The number of likely N-dealkylation sites (N-methyl/N-ethyl adjacent to an activating group) is 1. The Morgan fingerprint density at radius 2 is 1.69 bits per heavy atom. The first-order valence-corrected chi connectivity index (χ1v) is 10.7. The Labute approximate surface area is 176 Å². The summed E-state index contributed by atoms with van der Waals surface area (Å²) in [7, 11) is 3.93. The van der Waals surface area contributed by atoms with Crippen LogP contribution >= 0.6 is 0 Å². The van der Waals surface area contributed by atoms with Crippen LogP contribution < -0.4 is 4.74 Å². The summed E-state index contributed by atoms with van der Waals surface area (Å²) in [6.45, 7) is 10.1. The van der Waals surface area contributed by atoms with Crippen molar-refractivity contribution >= 4 is 6.08 Å². The minimum absolute atomic E-state index is 0.355. The van der Waals surface area contributed by atoms with E-state index in [1.54, 1.807) is 7.11 Å². The standard InChI is InChI=1S/C25H35N3O/c1-22(24-11-13-25(29-3)14-12-24)28(15-7-10-23-8-5-4-6-9-23)21-20-27-18-16-26(2)17-19-27/h4-14,22H,15-21H2,1-3H3/b10-7+/t22-/m1/s1. The molecule has 1 aliphatic rings. The molecule has 2 aromatic rings. The molecule has 0 bridgehead atoms. The average molecular weight is 394 g/mol. The Bertz CT molecular complexity index is 736. The van der Waals surface area contributed by atoms with E-state index in [9.17, 15) is 0 Å². The highest BCUT2D eigenvalue weighted by Gasteiger charge is 2.18. The van der Waals surface area contributed by atoms with E-state index >= 15 is 0 Å². The number of nitrogens with zero attached hydrogens (tertiary/aromatic N) is 3. The molecule has 1 fully saturated rings. The van der Waals surface area contributed by atoms with Gasteiger partial charge in [0.15, 0.2) is 0 Å². The smallest absolute Gasteiger partial charge is 0.118 e. The molecule has 1 heterocycles. The Kier molecular flexibility index (Phi) is 8.29. The highest BCUT2D eigenvalue weighted by atomic mass is 16.5. The number of piperazine rings is 1. The van der Waals surface area contributed by atoms with Gasteiger partial charge in [-0.15, -0.1) is 0 Å². The van der Waals surface area contributed by atoms with Crippen molar-refractivity contribution in [1.29, 1.82) is 0 Å². The Morgan fingerprint density at radius 1 is 1.00 bits per heavy atom. The van der Waals surface area contributed by atoms with Crippen LogP contribution in [0, 0.1) is 0 Å². The predicted octanol–water partition coefficient (Wildman–Crippen LogP) is 4.02. The molecule has 29 heavy (non-hydrogen) atoms. The molecular formula is C25H35N3O. The summed E-state index contributed by atoms with van der Waals surface area (Å²) in [5.74, 6) is 0.911. The molecule has 0 spiro atoms. The molecule has 0 saturated carbocycles. The largest absolute Gasteiger partial charge is 0.497 e. The zero-order valence-electron chi connectivity index (χ0n) is 18.1. The Morgan fingerprint density at radius 3 is 2.34 bits per heavy atom. The monoisotopic (exact) mass is 393 g/mol. The SMILES string of the molecule is COc1ccc([C@@H](C)N(C/C=C/c2ccccc2)CCN2CCN(C)CC2)cc1. The summed E-state index contributed by atoms with van der Waals surface area (Å²) in [4.78, 5) is 7.57. The van der Waals surface area contributed by atoms with Crippen LogP contribution in [-0.2, 0) is 0 Å². The highest BCUT2D eigenvalue weighted by Crippen LogP contribution is 2.23. The summed E-state index contributed by atoms with van der Waals surface area (Å²) in [5.41, 5.74) is 2.58. The average Bonchev–Trinajstić information content (AvgIpc) is 2.77. The van der Waals surface area contributed by atoms with Crippen molar-refractivity contribution < 1.29 is 4.74 Å². The lowest BCUT2D eigenvalue weighted by Gasteiger charge is -2.35. The first-order chi connectivity index (χ1) is 14.2. The molecule has 4 nitrogen and oxygen atoms in total. The van der Waals surface area contributed by atoms with Gasteiger partial charge in [0.1, 0.15) is 5.75 Å². The zero-order valence-corrected chi connectivity index (χ0v) is 18.1. The molecule has 3 rings (SSSR count). The van der Waals surface area contributed by atoms with Crippen LogP contribution in [0.15, 0.2) is 60.7 Å². The molecule has 0 radical (unpaired) electrons. The minimum atomic E-state index is 0.355. The maximum absolute atomic E-state index is 5.32. The van der Waals surface area contributed by atoms with Crippen LogP contribution in [-0.4, -0.2) is 74.7 Å². The first kappa shape index (κ1) is 21.6. The van der Waals surface area contributed by atoms with Gasteiger partial charge in [0.05, 0.1) is 7.11 Å². The van der Waals surface area contributed by atoms with Gasteiger partial charge < -0.3 is 9.64 Å². The molecule has 2 aromatic carbocycles. The second-order valence-corrected chi connectivity index (χ2v) is 7.90. The maximum atomic E-state index is 5.32. The number of ether oxygens (including phenoxy) is 1. The molecule has 1 aliphatic heterocycles. The van der Waals surface area contributed by atoms with Crippen molar-refractivity contribution in [2.45, 2.75) is 13.0 Å². The van der Waals surface area contributed by atoms with E-state index < -0.39 is 0 Å². The minimum Gasteiger partial charge on any atom is -0.497 e. The van der Waals surface area contributed by atoms with Gasteiger partial charge in [-0.2, -0.15) is 0 Å². The third kappa shape index (κ3) is 6.70. The Balaban J connectivity index is 1.64. The van der Waals surface area contributed by atoms with Gasteiger partial charge in [0.25, 0.3) is 0 Å². The molecular weight excluding hydrogens is 358 g/mol. The normalized spacial score (nSPS) is 17.1. The van der Waals surface area contributed by atoms with E-state index in [0.717, 1.165) is 25.4 Å². The van der Waals surface area contributed by atoms with Gasteiger partial charge in [-0.05, 0) is 37.2 Å². The van der Waals surface area contributed by atoms with Crippen molar-refractivity contribution in [1.82, 2.24) is 14.7 Å². The topological polar surface area (TPSA) is 19.0 Å². The van der Waals surface area contributed by atoms with Crippen molar-refractivity contribution in [2.75, 3.05) is 60.0 Å². The third-order valence-corrected chi connectivity index (χ3v) is 5.90. The van der Waals surface area contributed by atoms with Crippen LogP contribution in [0.2, 0.25) is 0 Å². The summed E-state index contributed by atoms with van der Waals surface area (Å²) in [6.07, 6.45) is 4.52. The van der Waals surface area contributed by atoms with Crippen molar-refractivity contribution in [2.24, 2.45) is 0 Å². The predicted molar refractivity (Wildman–Crippen MR) is 122 cm³/mol. The number of hydrogen-bond donors (Lipinski definition) is 0. The second-order valence-electron chi connectivity index (χ2n) is 7.90. The number of hydrogen-bond acceptors (Lipinski definition) is 4. The van der Waals surface area contributed by atoms with Crippen LogP contribution in [0.5, 0.6) is 5.75 Å². The van der Waals surface area contributed by atoms with E-state index in [2.05, 4.69) is 95.4 Å². The fourth-order valence-corrected chi connectivity index (χ4v) is 3.77. The van der Waals surface area contributed by atoms with E-state index in [1.165, 1.54) is 37.3 Å². The van der Waals surface area contributed by atoms with Gasteiger partial charge in [0, 0.05) is 51.9 Å². The van der Waals surface area contributed by atoms with Crippen LogP contribution in [0.25, 0.3) is 6.08 Å². The molecule has 0 aliphatic carbocycles. The molecule has 1 saturated heterocycles. The lowest BCUT2D eigenvalue weighted by atomic mass is 10.1. The summed E-state index contributed by atoms with van der Waals surface area (Å²) in [6, 6.07) is 19.4. The van der Waals surface area contributed by atoms with E-state index in [1.807, 2.05) is 0 Å². The van der Waals surface area contributed by atoms with Gasteiger partial charge in [-0.3, -0.25) is 9.80 Å². The number of methoxy groups -OCH3 is 1. The summed E-state index contributed by atoms with van der Waals surface area (Å²) in [5, 5.41) is 0. The molecule has 1 atom stereocenters. The number of benzene rings is 2. The summed E-state index contributed by atoms with van der Waals surface area (Å²) >= 11 is 0. The van der Waals surface area contributed by atoms with E-state index in [4.69, 9.17) is 4.74 Å². The van der Waals surface area contributed by atoms with Crippen LogP contribution in [0.3, 0.4) is 0 Å². The molecule has 0 N–H and O–H groups in total. The molecule has 0 unspecified atom stereocenters. The fraction of sp³-hybridized carbons (Fsp3) is 0.440.